The summed E-state index contributed by atoms with van der Waals surface area (Å²) in [7, 11) is 1.72. The monoisotopic (exact) mass is 333 g/mol. The molecule has 0 aliphatic heterocycles. The van der Waals surface area contributed by atoms with Crippen molar-refractivity contribution in [2.75, 3.05) is 13.7 Å². The van der Waals surface area contributed by atoms with E-state index in [9.17, 15) is 0 Å². The summed E-state index contributed by atoms with van der Waals surface area (Å²) in [5.41, 5.74) is 11.1. The minimum Gasteiger partial charge on any atom is -0.384 e. The Hall–Kier alpha value is -1.16. The third-order valence-corrected chi connectivity index (χ3v) is 4.11. The highest BCUT2D eigenvalue weighted by molar-refractivity contribution is 9.10. The quantitative estimate of drug-likeness (QED) is 0.897. The van der Waals surface area contributed by atoms with E-state index in [0.717, 1.165) is 28.6 Å². The third-order valence-electron chi connectivity index (χ3n) is 3.42. The summed E-state index contributed by atoms with van der Waals surface area (Å²) in [5, 5.41) is 0. The average molecular weight is 334 g/mol. The van der Waals surface area contributed by atoms with Gasteiger partial charge in [0.15, 0.2) is 0 Å². The summed E-state index contributed by atoms with van der Waals surface area (Å²) in [6, 6.07) is 14.6. The maximum atomic E-state index is 6.36. The normalized spacial score (nSPS) is 12.4. The van der Waals surface area contributed by atoms with Gasteiger partial charge in [-0.25, -0.2) is 0 Å². The zero-order chi connectivity index (χ0) is 14.5. The molecule has 2 aromatic carbocycles. The second-order valence-electron chi connectivity index (χ2n) is 4.99. The molecule has 0 amide bonds. The lowest BCUT2D eigenvalue weighted by Gasteiger charge is -2.15. The molecule has 0 aromatic heterocycles. The van der Waals surface area contributed by atoms with Crippen molar-refractivity contribution < 1.29 is 4.74 Å². The molecule has 0 bridgehead atoms. The number of rotatable bonds is 5. The smallest absolute Gasteiger partial charge is 0.0562 e. The van der Waals surface area contributed by atoms with Gasteiger partial charge in [0.05, 0.1) is 12.6 Å². The van der Waals surface area contributed by atoms with Crippen molar-refractivity contribution in [3.63, 3.8) is 0 Å². The van der Waals surface area contributed by atoms with Crippen LogP contribution in [0, 0.1) is 6.92 Å². The zero-order valence-electron chi connectivity index (χ0n) is 11.9. The molecule has 0 aliphatic rings. The lowest BCUT2D eigenvalue weighted by Crippen LogP contribution is -2.12. The van der Waals surface area contributed by atoms with E-state index in [1.807, 2.05) is 0 Å². The molecular formula is C17H20BrNO. The van der Waals surface area contributed by atoms with Crippen molar-refractivity contribution in [3.8, 4) is 0 Å². The van der Waals surface area contributed by atoms with E-state index in [1.165, 1.54) is 11.1 Å². The standard InChI is InChI=1S/C17H20BrNO/c1-12-3-8-15(16(18)11-12)17(19)14-6-4-13(5-7-14)9-10-20-2/h3-8,11,17H,9-10,19H2,1-2H3. The van der Waals surface area contributed by atoms with Crippen LogP contribution in [0.15, 0.2) is 46.9 Å². The molecule has 0 saturated heterocycles. The molecule has 2 rings (SSSR count). The summed E-state index contributed by atoms with van der Waals surface area (Å²) < 4.78 is 6.15. The molecule has 0 aliphatic carbocycles. The summed E-state index contributed by atoms with van der Waals surface area (Å²) in [6.07, 6.45) is 0.931. The van der Waals surface area contributed by atoms with Gasteiger partial charge < -0.3 is 10.5 Å². The zero-order valence-corrected chi connectivity index (χ0v) is 13.5. The fourth-order valence-electron chi connectivity index (χ4n) is 2.18. The summed E-state index contributed by atoms with van der Waals surface area (Å²) in [5.74, 6) is 0. The lowest BCUT2D eigenvalue weighted by atomic mass is 9.97. The van der Waals surface area contributed by atoms with Crippen molar-refractivity contribution in [2.45, 2.75) is 19.4 Å². The molecule has 0 radical (unpaired) electrons. The molecule has 0 spiro atoms. The molecule has 1 atom stereocenters. The minimum absolute atomic E-state index is 0.110. The van der Waals surface area contributed by atoms with Crippen LogP contribution in [-0.2, 0) is 11.2 Å². The Morgan fingerprint density at radius 3 is 2.45 bits per heavy atom. The lowest BCUT2D eigenvalue weighted by molar-refractivity contribution is 0.202. The molecule has 1 unspecified atom stereocenters. The SMILES string of the molecule is COCCc1ccc(C(N)c2ccc(C)cc2Br)cc1. The molecule has 2 aromatic rings. The highest BCUT2D eigenvalue weighted by atomic mass is 79.9. The van der Waals surface area contributed by atoms with Crippen LogP contribution in [0.25, 0.3) is 0 Å². The van der Waals surface area contributed by atoms with Crippen LogP contribution in [0.4, 0.5) is 0 Å². The maximum absolute atomic E-state index is 6.36. The Morgan fingerprint density at radius 2 is 1.85 bits per heavy atom. The molecular weight excluding hydrogens is 314 g/mol. The van der Waals surface area contributed by atoms with Gasteiger partial charge >= 0.3 is 0 Å². The number of ether oxygens (including phenoxy) is 1. The molecule has 3 heteroatoms. The van der Waals surface area contributed by atoms with E-state index >= 15 is 0 Å². The van der Waals surface area contributed by atoms with E-state index in [1.54, 1.807) is 7.11 Å². The molecule has 2 N–H and O–H groups in total. The number of methoxy groups -OCH3 is 1. The second kappa shape index (κ2) is 7.02. The largest absolute Gasteiger partial charge is 0.384 e. The highest BCUT2D eigenvalue weighted by Gasteiger charge is 2.12. The number of nitrogens with two attached hydrogens (primary N) is 1. The van der Waals surface area contributed by atoms with Gasteiger partial charge in [-0.3, -0.25) is 0 Å². The molecule has 2 nitrogen and oxygen atoms in total. The van der Waals surface area contributed by atoms with Gasteiger partial charge in [-0.15, -0.1) is 0 Å². The van der Waals surface area contributed by atoms with Crippen LogP contribution < -0.4 is 5.73 Å². The molecule has 0 saturated carbocycles. The van der Waals surface area contributed by atoms with Crippen LogP contribution in [0.3, 0.4) is 0 Å². The number of hydrogen-bond donors (Lipinski definition) is 1. The Balaban J connectivity index is 2.18. The van der Waals surface area contributed by atoms with Gasteiger partial charge in [-0.1, -0.05) is 52.3 Å². The minimum atomic E-state index is -0.110. The van der Waals surface area contributed by atoms with Crippen LogP contribution >= 0.6 is 15.9 Å². The first kappa shape index (κ1) is 15.2. The van der Waals surface area contributed by atoms with Crippen molar-refractivity contribution >= 4 is 15.9 Å². The van der Waals surface area contributed by atoms with Crippen LogP contribution in [0.2, 0.25) is 0 Å². The number of halogens is 1. The first-order chi connectivity index (χ1) is 9.61. The Bertz CT molecular complexity index is 566. The van der Waals surface area contributed by atoms with E-state index in [4.69, 9.17) is 10.5 Å². The van der Waals surface area contributed by atoms with Crippen molar-refractivity contribution in [1.29, 1.82) is 0 Å². The van der Waals surface area contributed by atoms with Gasteiger partial charge in [0.2, 0.25) is 0 Å². The number of aryl methyl sites for hydroxylation is 1. The third kappa shape index (κ3) is 3.69. The first-order valence-electron chi connectivity index (χ1n) is 6.71. The van der Waals surface area contributed by atoms with Gasteiger partial charge in [-0.05, 0) is 41.7 Å². The summed E-state index contributed by atoms with van der Waals surface area (Å²) >= 11 is 3.60. The van der Waals surface area contributed by atoms with E-state index < -0.39 is 0 Å². The maximum Gasteiger partial charge on any atom is 0.0562 e. The molecule has 106 valence electrons. The van der Waals surface area contributed by atoms with Crippen LogP contribution in [0.1, 0.15) is 28.3 Å². The van der Waals surface area contributed by atoms with Crippen LogP contribution in [0.5, 0.6) is 0 Å². The Labute approximate surface area is 129 Å². The summed E-state index contributed by atoms with van der Waals surface area (Å²) in [6.45, 7) is 2.82. The molecule has 0 fully saturated rings. The Morgan fingerprint density at radius 1 is 1.15 bits per heavy atom. The van der Waals surface area contributed by atoms with Crippen molar-refractivity contribution in [3.05, 3.63) is 69.2 Å². The predicted molar refractivity (Wildman–Crippen MR) is 86.9 cm³/mol. The number of hydrogen-bond acceptors (Lipinski definition) is 2. The van der Waals surface area contributed by atoms with Gasteiger partial charge in [0, 0.05) is 11.6 Å². The van der Waals surface area contributed by atoms with E-state index in [0.29, 0.717) is 0 Å². The van der Waals surface area contributed by atoms with Gasteiger partial charge in [0.1, 0.15) is 0 Å². The topological polar surface area (TPSA) is 35.2 Å². The fraction of sp³-hybridized carbons (Fsp3) is 0.294. The van der Waals surface area contributed by atoms with E-state index in [2.05, 4.69) is 65.3 Å². The van der Waals surface area contributed by atoms with Gasteiger partial charge in [0.25, 0.3) is 0 Å². The molecule has 20 heavy (non-hydrogen) atoms. The predicted octanol–water partition coefficient (Wildman–Crippen LogP) is 3.99. The average Bonchev–Trinajstić information content (AvgIpc) is 2.45. The Kier molecular flexibility index (Phi) is 5.35. The highest BCUT2D eigenvalue weighted by Crippen LogP contribution is 2.27. The van der Waals surface area contributed by atoms with Crippen molar-refractivity contribution in [2.24, 2.45) is 5.73 Å². The first-order valence-corrected chi connectivity index (χ1v) is 7.50. The fourth-order valence-corrected chi connectivity index (χ4v) is 2.92. The second-order valence-corrected chi connectivity index (χ2v) is 5.84. The summed E-state index contributed by atoms with van der Waals surface area (Å²) in [4.78, 5) is 0. The van der Waals surface area contributed by atoms with Gasteiger partial charge in [-0.2, -0.15) is 0 Å². The van der Waals surface area contributed by atoms with E-state index in [-0.39, 0.29) is 6.04 Å². The van der Waals surface area contributed by atoms with Crippen molar-refractivity contribution in [1.82, 2.24) is 0 Å². The molecule has 0 heterocycles. The van der Waals surface area contributed by atoms with Crippen LogP contribution in [-0.4, -0.2) is 13.7 Å². The number of benzene rings is 2.